The van der Waals surface area contributed by atoms with Crippen LogP contribution in [0.15, 0.2) is 24.3 Å². The Morgan fingerprint density at radius 3 is 2.56 bits per heavy atom. The van der Waals surface area contributed by atoms with Crippen molar-refractivity contribution in [3.05, 3.63) is 41.1 Å². The van der Waals surface area contributed by atoms with Gasteiger partial charge < -0.3 is 4.74 Å². The minimum Gasteiger partial charge on any atom is -0.438 e. The lowest BCUT2D eigenvalue weighted by atomic mass is 10.2. The van der Waals surface area contributed by atoms with E-state index in [0.29, 0.717) is 11.7 Å². The third kappa shape index (κ3) is 1.04. The molecular formula is C12H11N3O. The molecule has 0 amide bonds. The van der Waals surface area contributed by atoms with Gasteiger partial charge in [-0.05, 0) is 25.5 Å². The summed E-state index contributed by atoms with van der Waals surface area (Å²) in [5.74, 6) is 1.93. The molecule has 2 aromatic rings. The van der Waals surface area contributed by atoms with Crippen LogP contribution in [0.1, 0.15) is 16.8 Å². The Morgan fingerprint density at radius 1 is 1.25 bits per heavy atom. The molecule has 0 unspecified atom stereocenters. The van der Waals surface area contributed by atoms with Crippen molar-refractivity contribution in [1.82, 2.24) is 9.78 Å². The Bertz CT molecular complexity index is 598. The van der Waals surface area contributed by atoms with Crippen LogP contribution in [0.4, 0.5) is 0 Å². The number of aryl methyl sites for hydroxylation is 2. The minimum atomic E-state index is 0.432. The fraction of sp³-hybridized carbons (Fsp3) is 0.167. The first kappa shape index (κ1) is 9.15. The van der Waals surface area contributed by atoms with Crippen molar-refractivity contribution in [3.63, 3.8) is 0 Å². The average Bonchev–Trinajstić information content (AvgIpc) is 2.74. The van der Waals surface area contributed by atoms with E-state index in [2.05, 4.69) is 5.10 Å². The van der Waals surface area contributed by atoms with E-state index in [1.165, 1.54) is 4.68 Å². The van der Waals surface area contributed by atoms with Crippen LogP contribution in [0.25, 0.3) is 0 Å². The molecule has 0 saturated heterocycles. The minimum absolute atomic E-state index is 0.432. The van der Waals surface area contributed by atoms with Gasteiger partial charge in [-0.2, -0.15) is 9.78 Å². The first-order valence-electron chi connectivity index (χ1n) is 5.11. The molecule has 0 fully saturated rings. The van der Waals surface area contributed by atoms with E-state index in [4.69, 9.17) is 10.1 Å². The summed E-state index contributed by atoms with van der Waals surface area (Å²) < 4.78 is 7.28. The number of benzene rings is 1. The number of hydrogen-bond acceptors (Lipinski definition) is 3. The van der Waals surface area contributed by atoms with Crippen molar-refractivity contribution < 1.29 is 4.74 Å². The number of fused-ring (bicyclic) bond motifs is 1. The zero-order valence-electron chi connectivity index (χ0n) is 9.11. The molecule has 2 aliphatic rings. The second-order valence-corrected chi connectivity index (χ2v) is 3.89. The molecule has 1 N–H and O–H groups in total. The van der Waals surface area contributed by atoms with Crippen molar-refractivity contribution in [2.75, 3.05) is 0 Å². The molecule has 4 rings (SSSR count). The summed E-state index contributed by atoms with van der Waals surface area (Å²) in [5.41, 5.74) is 2.75. The quantitative estimate of drug-likeness (QED) is 0.711. The van der Waals surface area contributed by atoms with E-state index in [0.717, 1.165) is 22.6 Å². The number of rotatable bonds is 2. The Kier molecular flexibility index (Phi) is 1.68. The SMILES string of the molecule is Cc1ccccc1Oc1c2c(C)nn1C2=N. The van der Waals surface area contributed by atoms with Crippen molar-refractivity contribution in [2.24, 2.45) is 0 Å². The summed E-state index contributed by atoms with van der Waals surface area (Å²) in [7, 11) is 0. The monoisotopic (exact) mass is 213 g/mol. The Morgan fingerprint density at radius 2 is 2.00 bits per heavy atom. The Balaban J connectivity index is 1.99. The zero-order chi connectivity index (χ0) is 11.3. The summed E-state index contributed by atoms with van der Waals surface area (Å²) in [6, 6.07) is 7.82. The maximum absolute atomic E-state index is 7.66. The molecule has 0 saturated carbocycles. The fourth-order valence-electron chi connectivity index (χ4n) is 1.85. The molecule has 0 spiro atoms. The largest absolute Gasteiger partial charge is 0.438 e. The van der Waals surface area contributed by atoms with E-state index in [1.54, 1.807) is 0 Å². The van der Waals surface area contributed by atoms with Crippen LogP contribution in [-0.2, 0) is 0 Å². The topological polar surface area (TPSA) is 50.9 Å². The lowest BCUT2D eigenvalue weighted by Gasteiger charge is -2.18. The van der Waals surface area contributed by atoms with Crippen LogP contribution in [0.2, 0.25) is 0 Å². The highest BCUT2D eigenvalue weighted by molar-refractivity contribution is 6.09. The van der Waals surface area contributed by atoms with Gasteiger partial charge in [-0.15, -0.1) is 0 Å². The molecule has 1 aromatic heterocycles. The van der Waals surface area contributed by atoms with Gasteiger partial charge in [0.2, 0.25) is 5.88 Å². The van der Waals surface area contributed by atoms with Gasteiger partial charge in [0.05, 0.1) is 5.69 Å². The van der Waals surface area contributed by atoms with E-state index in [9.17, 15) is 0 Å². The number of para-hydroxylation sites is 1. The molecule has 0 atom stereocenters. The summed E-state index contributed by atoms with van der Waals surface area (Å²) in [5, 5.41) is 11.8. The lowest BCUT2D eigenvalue weighted by Crippen LogP contribution is -2.21. The molecular weight excluding hydrogens is 202 g/mol. The highest BCUT2D eigenvalue weighted by Gasteiger charge is 2.34. The van der Waals surface area contributed by atoms with Gasteiger partial charge in [0.25, 0.3) is 0 Å². The molecule has 4 heteroatoms. The van der Waals surface area contributed by atoms with Crippen molar-refractivity contribution in [2.45, 2.75) is 13.8 Å². The van der Waals surface area contributed by atoms with Gasteiger partial charge in [0.15, 0.2) is 5.84 Å². The molecule has 4 nitrogen and oxygen atoms in total. The predicted molar refractivity (Wildman–Crippen MR) is 60.4 cm³/mol. The summed E-state index contributed by atoms with van der Waals surface area (Å²) in [6.07, 6.45) is 0. The van der Waals surface area contributed by atoms with Crippen LogP contribution in [0, 0.1) is 19.3 Å². The molecule has 3 heterocycles. The molecule has 1 aromatic carbocycles. The lowest BCUT2D eigenvalue weighted by molar-refractivity contribution is 0.434. The second-order valence-electron chi connectivity index (χ2n) is 3.89. The van der Waals surface area contributed by atoms with Crippen LogP contribution in [-0.4, -0.2) is 15.6 Å². The molecule has 0 radical (unpaired) electrons. The van der Waals surface area contributed by atoms with Gasteiger partial charge in [0.1, 0.15) is 11.3 Å². The standard InChI is InChI=1S/C12H11N3O/c1-7-5-3-4-6-9(7)16-12-10-8(2)14-15(12)11(10)13/h3-6,13H,1-2H3. The molecule has 2 aliphatic heterocycles. The normalized spacial score (nSPS) is 12.5. The number of nitrogens with one attached hydrogen (secondary N) is 1. The second kappa shape index (κ2) is 2.95. The van der Waals surface area contributed by atoms with Gasteiger partial charge in [-0.1, -0.05) is 18.2 Å². The van der Waals surface area contributed by atoms with E-state index < -0.39 is 0 Å². The van der Waals surface area contributed by atoms with E-state index >= 15 is 0 Å². The smallest absolute Gasteiger partial charge is 0.235 e. The summed E-state index contributed by atoms with van der Waals surface area (Å²) in [4.78, 5) is 0. The van der Waals surface area contributed by atoms with Crippen molar-refractivity contribution >= 4 is 5.84 Å². The highest BCUT2D eigenvalue weighted by Crippen LogP contribution is 2.36. The third-order valence-electron chi connectivity index (χ3n) is 2.77. The van der Waals surface area contributed by atoms with Gasteiger partial charge in [0, 0.05) is 0 Å². The van der Waals surface area contributed by atoms with Crippen molar-refractivity contribution in [3.8, 4) is 11.6 Å². The molecule has 2 bridgehead atoms. The summed E-state index contributed by atoms with van der Waals surface area (Å²) >= 11 is 0. The zero-order valence-corrected chi connectivity index (χ0v) is 9.11. The van der Waals surface area contributed by atoms with E-state index in [1.807, 2.05) is 38.1 Å². The number of hydrogen-bond donors (Lipinski definition) is 1. The Hall–Kier alpha value is -2.10. The summed E-state index contributed by atoms with van der Waals surface area (Å²) in [6.45, 7) is 3.88. The molecule has 0 aliphatic carbocycles. The maximum Gasteiger partial charge on any atom is 0.235 e. The number of nitrogens with zero attached hydrogens (tertiary/aromatic N) is 2. The van der Waals surface area contributed by atoms with Gasteiger partial charge in [-0.3, -0.25) is 5.41 Å². The van der Waals surface area contributed by atoms with Crippen LogP contribution < -0.4 is 4.74 Å². The van der Waals surface area contributed by atoms with Gasteiger partial charge in [-0.25, -0.2) is 0 Å². The van der Waals surface area contributed by atoms with Crippen molar-refractivity contribution in [1.29, 1.82) is 5.41 Å². The van der Waals surface area contributed by atoms with E-state index in [-0.39, 0.29) is 0 Å². The first-order chi connectivity index (χ1) is 7.68. The first-order valence-corrected chi connectivity index (χ1v) is 5.11. The number of ether oxygens (including phenoxy) is 1. The van der Waals surface area contributed by atoms with Crippen LogP contribution >= 0.6 is 0 Å². The highest BCUT2D eigenvalue weighted by atomic mass is 16.5. The number of aromatic nitrogens is 2. The maximum atomic E-state index is 7.66. The van der Waals surface area contributed by atoms with Gasteiger partial charge >= 0.3 is 0 Å². The average molecular weight is 213 g/mol. The fourth-order valence-corrected chi connectivity index (χ4v) is 1.85. The van der Waals surface area contributed by atoms with Crippen LogP contribution in [0.3, 0.4) is 0 Å². The van der Waals surface area contributed by atoms with Crippen LogP contribution in [0.5, 0.6) is 11.6 Å². The molecule has 16 heavy (non-hydrogen) atoms. The predicted octanol–water partition coefficient (Wildman–Crippen LogP) is 2.48. The third-order valence-corrected chi connectivity index (χ3v) is 2.77. The Labute approximate surface area is 93.0 Å². The molecule has 80 valence electrons.